The first kappa shape index (κ1) is 15.9. The van der Waals surface area contributed by atoms with Crippen molar-refractivity contribution in [2.75, 3.05) is 0 Å². The average molecular weight is 228 g/mol. The molecule has 0 aliphatic heterocycles. The van der Waals surface area contributed by atoms with Crippen LogP contribution in [0.15, 0.2) is 0 Å². The first-order valence-electron chi connectivity index (χ1n) is 7.15. The molecule has 0 fully saturated rings. The van der Waals surface area contributed by atoms with Gasteiger partial charge in [0.2, 0.25) is 0 Å². The molecule has 2 heteroatoms. The summed E-state index contributed by atoms with van der Waals surface area (Å²) in [4.78, 5) is 0. The molecule has 0 rings (SSSR count). The third-order valence-electron chi connectivity index (χ3n) is 3.67. The second kappa shape index (κ2) is 10.1. The lowest BCUT2D eigenvalue weighted by atomic mass is 9.85. The van der Waals surface area contributed by atoms with Crippen LogP contribution in [0.2, 0.25) is 0 Å². The van der Waals surface area contributed by atoms with Gasteiger partial charge in [0, 0.05) is 6.04 Å². The second-order valence-electron chi connectivity index (χ2n) is 5.21. The minimum absolute atomic E-state index is 0.512. The molecule has 3 unspecified atom stereocenters. The second-order valence-corrected chi connectivity index (χ2v) is 5.21. The number of nitrogens with two attached hydrogens (primary N) is 1. The van der Waals surface area contributed by atoms with E-state index in [-0.39, 0.29) is 0 Å². The molecule has 0 bridgehead atoms. The van der Waals surface area contributed by atoms with Crippen molar-refractivity contribution in [3.05, 3.63) is 0 Å². The summed E-state index contributed by atoms with van der Waals surface area (Å²) in [6.07, 6.45) is 9.02. The summed E-state index contributed by atoms with van der Waals surface area (Å²) in [6.45, 7) is 9.16. The molecule has 16 heavy (non-hydrogen) atoms. The fourth-order valence-electron chi connectivity index (χ4n) is 2.60. The Morgan fingerprint density at radius 3 is 2.19 bits per heavy atom. The van der Waals surface area contributed by atoms with Crippen LogP contribution >= 0.6 is 0 Å². The number of rotatable bonds is 10. The fraction of sp³-hybridized carbons (Fsp3) is 1.00. The van der Waals surface area contributed by atoms with Gasteiger partial charge < -0.3 is 0 Å². The molecule has 0 saturated heterocycles. The van der Waals surface area contributed by atoms with Gasteiger partial charge in [0.1, 0.15) is 0 Å². The Labute approximate surface area is 102 Å². The quantitative estimate of drug-likeness (QED) is 0.440. The zero-order chi connectivity index (χ0) is 12.4. The molecule has 0 saturated carbocycles. The Morgan fingerprint density at radius 1 is 1.06 bits per heavy atom. The molecular formula is C14H32N2. The van der Waals surface area contributed by atoms with Crippen molar-refractivity contribution in [3.63, 3.8) is 0 Å². The van der Waals surface area contributed by atoms with E-state index >= 15 is 0 Å². The summed E-state index contributed by atoms with van der Waals surface area (Å²) in [5.41, 5.74) is 3.05. The van der Waals surface area contributed by atoms with Crippen LogP contribution in [0, 0.1) is 11.8 Å². The van der Waals surface area contributed by atoms with Gasteiger partial charge in [0.05, 0.1) is 0 Å². The van der Waals surface area contributed by atoms with Crippen molar-refractivity contribution in [2.45, 2.75) is 78.7 Å². The predicted molar refractivity (Wildman–Crippen MR) is 73.1 cm³/mol. The van der Waals surface area contributed by atoms with Gasteiger partial charge in [0.15, 0.2) is 0 Å². The summed E-state index contributed by atoms with van der Waals surface area (Å²) in [7, 11) is 0. The molecule has 98 valence electrons. The highest BCUT2D eigenvalue weighted by Gasteiger charge is 2.20. The van der Waals surface area contributed by atoms with Crippen LogP contribution in [0.25, 0.3) is 0 Å². The van der Waals surface area contributed by atoms with E-state index in [1.807, 2.05) is 0 Å². The molecule has 3 atom stereocenters. The van der Waals surface area contributed by atoms with E-state index in [1.165, 1.54) is 44.9 Å². The van der Waals surface area contributed by atoms with Gasteiger partial charge in [-0.25, -0.2) is 0 Å². The van der Waals surface area contributed by atoms with Crippen LogP contribution in [0.4, 0.5) is 0 Å². The number of unbranched alkanes of at least 4 members (excludes halogenated alkanes) is 1. The minimum Gasteiger partial charge on any atom is -0.271 e. The molecule has 0 heterocycles. The molecular weight excluding hydrogens is 196 g/mol. The van der Waals surface area contributed by atoms with Crippen molar-refractivity contribution < 1.29 is 0 Å². The Balaban J connectivity index is 4.09. The van der Waals surface area contributed by atoms with E-state index in [9.17, 15) is 0 Å². The maximum atomic E-state index is 5.72. The van der Waals surface area contributed by atoms with Crippen LogP contribution in [-0.2, 0) is 0 Å². The van der Waals surface area contributed by atoms with Gasteiger partial charge in [-0.3, -0.25) is 11.3 Å². The molecule has 0 amide bonds. The maximum Gasteiger partial charge on any atom is 0.0241 e. The molecule has 2 nitrogen and oxygen atoms in total. The van der Waals surface area contributed by atoms with Crippen molar-refractivity contribution in [1.29, 1.82) is 0 Å². The Bertz CT molecular complexity index is 148. The minimum atomic E-state index is 0.512. The van der Waals surface area contributed by atoms with Crippen LogP contribution in [0.3, 0.4) is 0 Å². The van der Waals surface area contributed by atoms with Gasteiger partial charge in [-0.05, 0) is 24.7 Å². The maximum absolute atomic E-state index is 5.72. The smallest absolute Gasteiger partial charge is 0.0241 e. The number of hydrazine groups is 1. The molecule has 3 N–H and O–H groups in total. The summed E-state index contributed by atoms with van der Waals surface area (Å²) >= 11 is 0. The molecule has 0 radical (unpaired) electrons. The largest absolute Gasteiger partial charge is 0.271 e. The fourth-order valence-corrected chi connectivity index (χ4v) is 2.60. The Hall–Kier alpha value is -0.0800. The third-order valence-corrected chi connectivity index (χ3v) is 3.67. The summed E-state index contributed by atoms with van der Waals surface area (Å²) in [6, 6.07) is 0.512. The first-order chi connectivity index (χ1) is 7.69. The van der Waals surface area contributed by atoms with Crippen LogP contribution in [-0.4, -0.2) is 6.04 Å². The zero-order valence-electron chi connectivity index (χ0n) is 11.8. The highest BCUT2D eigenvalue weighted by atomic mass is 15.2. The Kier molecular flexibility index (Phi) is 10.0. The molecule has 0 aromatic rings. The van der Waals surface area contributed by atoms with Crippen molar-refractivity contribution in [2.24, 2.45) is 17.7 Å². The van der Waals surface area contributed by atoms with E-state index in [1.54, 1.807) is 0 Å². The van der Waals surface area contributed by atoms with Crippen molar-refractivity contribution in [1.82, 2.24) is 5.43 Å². The highest BCUT2D eigenvalue weighted by molar-refractivity contribution is 4.75. The van der Waals surface area contributed by atoms with E-state index in [2.05, 4.69) is 33.1 Å². The molecule has 0 spiro atoms. The normalized spacial score (nSPS) is 17.1. The number of hydrogen-bond acceptors (Lipinski definition) is 2. The van der Waals surface area contributed by atoms with Crippen LogP contribution in [0.1, 0.15) is 72.6 Å². The molecule has 0 aliphatic rings. The van der Waals surface area contributed by atoms with Crippen LogP contribution < -0.4 is 11.3 Å². The Morgan fingerprint density at radius 2 is 1.75 bits per heavy atom. The van der Waals surface area contributed by atoms with Gasteiger partial charge in [-0.1, -0.05) is 59.8 Å². The van der Waals surface area contributed by atoms with Gasteiger partial charge in [0.25, 0.3) is 0 Å². The summed E-state index contributed by atoms with van der Waals surface area (Å²) < 4.78 is 0. The average Bonchev–Trinajstić information content (AvgIpc) is 2.28. The third kappa shape index (κ3) is 6.49. The molecule has 0 aliphatic carbocycles. The first-order valence-corrected chi connectivity index (χ1v) is 7.15. The molecule has 0 aromatic carbocycles. The lowest BCUT2D eigenvalue weighted by Crippen LogP contribution is -2.41. The number of hydrogen-bond donors (Lipinski definition) is 2. The monoisotopic (exact) mass is 228 g/mol. The summed E-state index contributed by atoms with van der Waals surface area (Å²) in [5.74, 6) is 7.26. The van der Waals surface area contributed by atoms with E-state index in [4.69, 9.17) is 5.84 Å². The van der Waals surface area contributed by atoms with Gasteiger partial charge >= 0.3 is 0 Å². The predicted octanol–water partition coefficient (Wildman–Crippen LogP) is 3.86. The van der Waals surface area contributed by atoms with Crippen LogP contribution in [0.5, 0.6) is 0 Å². The van der Waals surface area contributed by atoms with Gasteiger partial charge in [-0.15, -0.1) is 0 Å². The topological polar surface area (TPSA) is 38.0 Å². The lowest BCUT2D eigenvalue weighted by molar-refractivity contribution is 0.269. The van der Waals surface area contributed by atoms with Gasteiger partial charge in [-0.2, -0.15) is 0 Å². The molecule has 0 aromatic heterocycles. The number of nitrogens with one attached hydrogen (secondary N) is 1. The lowest BCUT2D eigenvalue weighted by Gasteiger charge is -2.28. The zero-order valence-corrected chi connectivity index (χ0v) is 11.8. The van der Waals surface area contributed by atoms with Crippen molar-refractivity contribution >= 4 is 0 Å². The van der Waals surface area contributed by atoms with E-state index in [0.29, 0.717) is 6.04 Å². The highest BCUT2D eigenvalue weighted by Crippen LogP contribution is 2.23. The van der Waals surface area contributed by atoms with E-state index in [0.717, 1.165) is 11.8 Å². The van der Waals surface area contributed by atoms with Crippen molar-refractivity contribution in [3.8, 4) is 0 Å². The summed E-state index contributed by atoms with van der Waals surface area (Å²) in [5, 5.41) is 0. The SMILES string of the molecule is CCCCC(CC)C(CC(C)CCC)NN. The standard InChI is InChI=1S/C14H32N2/c1-5-8-10-13(7-3)14(16-15)11-12(4)9-6-2/h12-14,16H,5-11,15H2,1-4H3. The van der Waals surface area contributed by atoms with E-state index < -0.39 is 0 Å².